The summed E-state index contributed by atoms with van der Waals surface area (Å²) in [4.78, 5) is 9.16. The van der Waals surface area contributed by atoms with Crippen molar-refractivity contribution in [3.8, 4) is 17.2 Å². The van der Waals surface area contributed by atoms with E-state index in [1.807, 2.05) is 6.07 Å². The van der Waals surface area contributed by atoms with Crippen LogP contribution in [0.5, 0.6) is 17.2 Å². The SMILES string of the molecule is CN=C(NCc1cc(OC)c(O)c(OC)c1)N1CCN(C/C=C/c2ccccc2)CC1. The van der Waals surface area contributed by atoms with Gasteiger partial charge in [-0.3, -0.25) is 9.89 Å². The molecule has 2 N–H and O–H groups in total. The van der Waals surface area contributed by atoms with Gasteiger partial charge in [-0.15, -0.1) is 0 Å². The number of methoxy groups -OCH3 is 2. The predicted octanol–water partition coefficient (Wildman–Crippen LogP) is 2.82. The number of hydrogen-bond donors (Lipinski definition) is 2. The summed E-state index contributed by atoms with van der Waals surface area (Å²) in [7, 11) is 4.85. The minimum Gasteiger partial charge on any atom is -0.502 e. The van der Waals surface area contributed by atoms with Crippen LogP contribution in [-0.2, 0) is 6.54 Å². The van der Waals surface area contributed by atoms with Gasteiger partial charge >= 0.3 is 0 Å². The molecular formula is C24H32N4O3. The fourth-order valence-corrected chi connectivity index (χ4v) is 3.61. The first-order valence-corrected chi connectivity index (χ1v) is 10.5. The maximum absolute atomic E-state index is 10.1. The molecule has 1 heterocycles. The molecule has 7 heteroatoms. The Balaban J connectivity index is 1.50. The topological polar surface area (TPSA) is 69.6 Å². The van der Waals surface area contributed by atoms with Gasteiger partial charge in [0.1, 0.15) is 0 Å². The van der Waals surface area contributed by atoms with Crippen LogP contribution in [-0.4, -0.2) is 74.9 Å². The van der Waals surface area contributed by atoms with Crippen molar-refractivity contribution in [2.24, 2.45) is 4.99 Å². The zero-order valence-electron chi connectivity index (χ0n) is 18.5. The number of guanidine groups is 1. The average molecular weight is 425 g/mol. The Bertz CT molecular complexity index is 866. The maximum Gasteiger partial charge on any atom is 0.200 e. The summed E-state index contributed by atoms with van der Waals surface area (Å²) >= 11 is 0. The van der Waals surface area contributed by atoms with Gasteiger partial charge in [0.2, 0.25) is 5.75 Å². The first kappa shape index (κ1) is 22.5. The molecule has 0 bridgehead atoms. The van der Waals surface area contributed by atoms with E-state index in [-0.39, 0.29) is 5.75 Å². The summed E-state index contributed by atoms with van der Waals surface area (Å²) in [5.74, 6) is 1.66. The summed E-state index contributed by atoms with van der Waals surface area (Å²) in [6.45, 7) is 5.31. The second kappa shape index (κ2) is 11.3. The van der Waals surface area contributed by atoms with Crippen LogP contribution in [0.15, 0.2) is 53.5 Å². The summed E-state index contributed by atoms with van der Waals surface area (Å²) in [5, 5.41) is 13.5. The number of ether oxygens (including phenoxy) is 2. The van der Waals surface area contributed by atoms with Crippen LogP contribution in [0, 0.1) is 0 Å². The Morgan fingerprint density at radius 1 is 1.06 bits per heavy atom. The molecule has 0 aliphatic carbocycles. The van der Waals surface area contributed by atoms with Crippen LogP contribution < -0.4 is 14.8 Å². The van der Waals surface area contributed by atoms with Gasteiger partial charge in [0.15, 0.2) is 17.5 Å². The molecule has 0 spiro atoms. The second-order valence-electron chi connectivity index (χ2n) is 7.35. The lowest BCUT2D eigenvalue weighted by Crippen LogP contribution is -2.52. The molecule has 0 amide bonds. The third kappa shape index (κ3) is 6.15. The Kier molecular flexibility index (Phi) is 8.18. The molecule has 0 saturated carbocycles. The van der Waals surface area contributed by atoms with Gasteiger partial charge in [-0.2, -0.15) is 0 Å². The standard InChI is InChI=1S/C24H32N4O3/c1-25-24(26-18-20-16-21(30-2)23(29)22(17-20)31-3)28-14-12-27(13-15-28)11-7-10-19-8-5-4-6-9-19/h4-10,16-17,29H,11-15,18H2,1-3H3,(H,25,26)/b10-7+. The predicted molar refractivity (Wildman–Crippen MR) is 125 cm³/mol. The number of aliphatic imine (C=N–C) groups is 1. The fourth-order valence-electron chi connectivity index (χ4n) is 3.61. The van der Waals surface area contributed by atoms with Crippen LogP contribution >= 0.6 is 0 Å². The smallest absolute Gasteiger partial charge is 0.200 e. The van der Waals surface area contributed by atoms with Crippen LogP contribution in [0.3, 0.4) is 0 Å². The number of benzene rings is 2. The van der Waals surface area contributed by atoms with E-state index in [0.717, 1.165) is 44.2 Å². The molecular weight excluding hydrogens is 392 g/mol. The van der Waals surface area contributed by atoms with E-state index in [9.17, 15) is 5.11 Å². The van der Waals surface area contributed by atoms with Gasteiger partial charge in [0.25, 0.3) is 0 Å². The van der Waals surface area contributed by atoms with Crippen molar-refractivity contribution in [3.05, 3.63) is 59.7 Å². The van der Waals surface area contributed by atoms with Crippen LogP contribution in [0.4, 0.5) is 0 Å². The molecule has 1 aliphatic heterocycles. The highest BCUT2D eigenvalue weighted by Gasteiger charge is 2.19. The van der Waals surface area contributed by atoms with Crippen molar-refractivity contribution in [1.82, 2.24) is 15.1 Å². The number of rotatable bonds is 7. The number of aromatic hydroxyl groups is 1. The normalized spacial score (nSPS) is 15.3. The highest BCUT2D eigenvalue weighted by atomic mass is 16.5. The van der Waals surface area contributed by atoms with E-state index in [1.54, 1.807) is 19.2 Å². The second-order valence-corrected chi connectivity index (χ2v) is 7.35. The first-order chi connectivity index (χ1) is 15.1. The summed E-state index contributed by atoms with van der Waals surface area (Å²) in [5.41, 5.74) is 2.17. The molecule has 166 valence electrons. The van der Waals surface area contributed by atoms with E-state index in [0.29, 0.717) is 18.0 Å². The number of nitrogens with one attached hydrogen (secondary N) is 1. The van der Waals surface area contributed by atoms with Crippen molar-refractivity contribution < 1.29 is 14.6 Å². The number of nitrogens with zero attached hydrogens (tertiary/aromatic N) is 3. The van der Waals surface area contributed by atoms with Gasteiger partial charge in [-0.05, 0) is 23.3 Å². The minimum absolute atomic E-state index is 0.00979. The number of hydrogen-bond acceptors (Lipinski definition) is 5. The summed E-state index contributed by atoms with van der Waals surface area (Å²) in [6.07, 6.45) is 4.40. The molecule has 1 fully saturated rings. The van der Waals surface area contributed by atoms with Gasteiger partial charge in [0, 0.05) is 46.3 Å². The van der Waals surface area contributed by atoms with Crippen LogP contribution in [0.25, 0.3) is 6.08 Å². The molecule has 7 nitrogen and oxygen atoms in total. The zero-order chi connectivity index (χ0) is 22.1. The van der Waals surface area contributed by atoms with Crippen molar-refractivity contribution in [2.45, 2.75) is 6.54 Å². The van der Waals surface area contributed by atoms with Crippen LogP contribution in [0.1, 0.15) is 11.1 Å². The lowest BCUT2D eigenvalue weighted by Gasteiger charge is -2.36. The summed E-state index contributed by atoms with van der Waals surface area (Å²) < 4.78 is 10.5. The quantitative estimate of drug-likeness (QED) is 0.526. The van der Waals surface area contributed by atoms with Crippen molar-refractivity contribution in [3.63, 3.8) is 0 Å². The molecule has 1 aliphatic rings. The lowest BCUT2D eigenvalue weighted by molar-refractivity contribution is 0.194. The molecule has 2 aromatic carbocycles. The Labute approximate surface area is 184 Å². The Morgan fingerprint density at radius 2 is 1.71 bits per heavy atom. The molecule has 31 heavy (non-hydrogen) atoms. The number of phenols is 1. The highest BCUT2D eigenvalue weighted by Crippen LogP contribution is 2.37. The highest BCUT2D eigenvalue weighted by molar-refractivity contribution is 5.80. The molecule has 0 unspecified atom stereocenters. The van der Waals surface area contributed by atoms with Gasteiger partial charge < -0.3 is 24.8 Å². The molecule has 2 aromatic rings. The van der Waals surface area contributed by atoms with E-state index < -0.39 is 0 Å². The van der Waals surface area contributed by atoms with Gasteiger partial charge in [-0.1, -0.05) is 42.5 Å². The van der Waals surface area contributed by atoms with Crippen LogP contribution in [0.2, 0.25) is 0 Å². The minimum atomic E-state index is 0.00979. The van der Waals surface area contributed by atoms with E-state index in [1.165, 1.54) is 19.8 Å². The van der Waals surface area contributed by atoms with E-state index in [4.69, 9.17) is 9.47 Å². The monoisotopic (exact) mass is 424 g/mol. The molecule has 0 radical (unpaired) electrons. The molecule has 0 atom stereocenters. The number of piperazine rings is 1. The average Bonchev–Trinajstić information content (AvgIpc) is 2.81. The fraction of sp³-hybridized carbons (Fsp3) is 0.375. The first-order valence-electron chi connectivity index (χ1n) is 10.5. The third-order valence-electron chi connectivity index (χ3n) is 5.35. The molecule has 0 aromatic heterocycles. The van der Waals surface area contributed by atoms with Crippen molar-refractivity contribution >= 4 is 12.0 Å². The maximum atomic E-state index is 10.1. The van der Waals surface area contributed by atoms with Crippen molar-refractivity contribution in [2.75, 3.05) is 54.0 Å². The van der Waals surface area contributed by atoms with Gasteiger partial charge in [-0.25, -0.2) is 0 Å². The third-order valence-corrected chi connectivity index (χ3v) is 5.35. The van der Waals surface area contributed by atoms with E-state index in [2.05, 4.69) is 56.5 Å². The van der Waals surface area contributed by atoms with E-state index >= 15 is 0 Å². The number of phenolic OH excluding ortho intramolecular Hbond substituents is 1. The molecule has 3 rings (SSSR count). The summed E-state index contributed by atoms with van der Waals surface area (Å²) in [6, 6.07) is 14.0. The Morgan fingerprint density at radius 3 is 2.29 bits per heavy atom. The van der Waals surface area contributed by atoms with Gasteiger partial charge in [0.05, 0.1) is 14.2 Å². The zero-order valence-corrected chi connectivity index (χ0v) is 18.5. The van der Waals surface area contributed by atoms with Crippen molar-refractivity contribution in [1.29, 1.82) is 0 Å². The lowest BCUT2D eigenvalue weighted by atomic mass is 10.2. The Hall–Kier alpha value is -3.19. The largest absolute Gasteiger partial charge is 0.502 e. The molecule has 1 saturated heterocycles.